The van der Waals surface area contributed by atoms with E-state index in [1.54, 1.807) is 6.08 Å². The van der Waals surface area contributed by atoms with Gasteiger partial charge in [0.15, 0.2) is 42.3 Å². The molecule has 1 saturated heterocycles. The summed E-state index contributed by atoms with van der Waals surface area (Å²) in [7, 11) is 1.06. The molecular formula is C34H46O14. The molecule has 266 valence electrons. The second kappa shape index (κ2) is 13.3. The van der Waals surface area contributed by atoms with Crippen molar-refractivity contribution in [2.24, 2.45) is 28.6 Å². The topological polar surface area (TPSA) is 198 Å². The van der Waals surface area contributed by atoms with Crippen molar-refractivity contribution < 1.29 is 67.4 Å². The third-order valence-electron chi connectivity index (χ3n) is 11.7. The maximum atomic E-state index is 14.0. The van der Waals surface area contributed by atoms with E-state index in [0.717, 1.165) is 39.9 Å². The molecule has 1 heterocycles. The van der Waals surface area contributed by atoms with Gasteiger partial charge in [0, 0.05) is 32.6 Å². The van der Waals surface area contributed by atoms with Crippen LogP contribution in [0.3, 0.4) is 0 Å². The Morgan fingerprint density at radius 1 is 0.917 bits per heavy atom. The molecular weight excluding hydrogens is 632 g/mol. The largest absolute Gasteiger partial charge is 0.467 e. The summed E-state index contributed by atoms with van der Waals surface area (Å²) in [5.41, 5.74) is -2.17. The predicted molar refractivity (Wildman–Crippen MR) is 161 cm³/mol. The number of fused-ring (bicyclic) bond motifs is 5. The van der Waals surface area contributed by atoms with Gasteiger partial charge < -0.3 is 38.6 Å². The normalized spacial score (nSPS) is 41.9. The number of allylic oxidation sites excluding steroid dienone is 1. The zero-order valence-corrected chi connectivity index (χ0v) is 28.2. The first kappa shape index (κ1) is 36.1. The molecule has 0 spiro atoms. The van der Waals surface area contributed by atoms with Crippen LogP contribution in [-0.4, -0.2) is 102 Å². The number of aliphatic hydroxyl groups excluding tert-OH is 1. The molecule has 0 amide bonds. The fourth-order valence-corrected chi connectivity index (χ4v) is 9.64. The Morgan fingerprint density at radius 3 is 2.17 bits per heavy atom. The summed E-state index contributed by atoms with van der Waals surface area (Å²) in [5.74, 6) is -4.35. The molecule has 0 aromatic heterocycles. The molecule has 0 bridgehead atoms. The summed E-state index contributed by atoms with van der Waals surface area (Å²) >= 11 is 0. The highest BCUT2D eigenvalue weighted by atomic mass is 16.7. The van der Waals surface area contributed by atoms with Gasteiger partial charge in [-0.3, -0.25) is 24.0 Å². The number of carbonyl (C=O) groups is 6. The highest BCUT2D eigenvalue weighted by Crippen LogP contribution is 2.67. The maximum Gasteiger partial charge on any atom is 0.339 e. The molecule has 14 nitrogen and oxygen atoms in total. The van der Waals surface area contributed by atoms with Gasteiger partial charge in [-0.1, -0.05) is 19.4 Å². The number of hydrogen-bond donors (Lipinski definition) is 2. The van der Waals surface area contributed by atoms with Gasteiger partial charge in [-0.15, -0.1) is 0 Å². The molecule has 0 unspecified atom stereocenters. The quantitative estimate of drug-likeness (QED) is 0.277. The molecule has 12 atom stereocenters. The van der Waals surface area contributed by atoms with E-state index in [0.29, 0.717) is 25.7 Å². The molecule has 0 radical (unpaired) electrons. The van der Waals surface area contributed by atoms with Crippen LogP contribution in [0.1, 0.15) is 79.6 Å². The van der Waals surface area contributed by atoms with E-state index in [4.69, 9.17) is 28.4 Å². The van der Waals surface area contributed by atoms with E-state index in [9.17, 15) is 39.0 Å². The fraction of sp³-hybridized carbons (Fsp3) is 0.765. The Morgan fingerprint density at radius 2 is 1.54 bits per heavy atom. The zero-order valence-electron chi connectivity index (χ0n) is 28.2. The van der Waals surface area contributed by atoms with Crippen molar-refractivity contribution in [2.45, 2.75) is 122 Å². The lowest BCUT2D eigenvalue weighted by Crippen LogP contribution is -2.64. The molecule has 5 rings (SSSR count). The van der Waals surface area contributed by atoms with Crippen molar-refractivity contribution in [3.05, 3.63) is 11.6 Å². The molecule has 5 aliphatic rings. The van der Waals surface area contributed by atoms with Gasteiger partial charge in [-0.05, 0) is 67.8 Å². The second-order valence-corrected chi connectivity index (χ2v) is 14.4. The molecule has 3 saturated carbocycles. The average molecular weight is 679 g/mol. The minimum absolute atomic E-state index is 0.0235. The minimum atomic E-state index is -1.90. The van der Waals surface area contributed by atoms with E-state index >= 15 is 0 Å². The van der Waals surface area contributed by atoms with Crippen LogP contribution in [-0.2, 0) is 57.2 Å². The fourth-order valence-electron chi connectivity index (χ4n) is 9.64. The molecule has 0 aromatic rings. The first-order chi connectivity index (χ1) is 22.5. The minimum Gasteiger partial charge on any atom is -0.467 e. The Balaban J connectivity index is 1.39. The van der Waals surface area contributed by atoms with Gasteiger partial charge in [-0.2, -0.15) is 0 Å². The molecule has 14 heteroatoms. The molecule has 0 aromatic carbocycles. The lowest BCUT2D eigenvalue weighted by molar-refractivity contribution is -0.300. The van der Waals surface area contributed by atoms with Gasteiger partial charge in [0.2, 0.25) is 0 Å². The lowest BCUT2D eigenvalue weighted by Gasteiger charge is -2.60. The molecule has 4 fully saturated rings. The van der Waals surface area contributed by atoms with E-state index < -0.39 is 84.1 Å². The number of aliphatic hydroxyl groups is 2. The smallest absolute Gasteiger partial charge is 0.339 e. The van der Waals surface area contributed by atoms with Crippen LogP contribution in [0.2, 0.25) is 0 Å². The highest BCUT2D eigenvalue weighted by Gasteiger charge is 2.68. The maximum absolute atomic E-state index is 14.0. The van der Waals surface area contributed by atoms with Gasteiger partial charge in [0.05, 0.1) is 13.2 Å². The van der Waals surface area contributed by atoms with Crippen molar-refractivity contribution in [2.75, 3.05) is 13.7 Å². The number of esters is 4. The zero-order chi connectivity index (χ0) is 35.3. The SMILES string of the molecule is COC(=O)[C@H]1O[C@H](OCC(=O)[C@]2(O)CC[C@@H]3[C@H]4CCC5=CC(=O)CC[C@]5(C)[C@@H]4[C@@H](O)C[C@]32C)[C@@H](OC(C)=O)[C@H](OC(C)=O)[C@H]1OC(C)=O. The van der Waals surface area contributed by atoms with Gasteiger partial charge in [0.25, 0.3) is 0 Å². The third-order valence-corrected chi connectivity index (χ3v) is 11.7. The summed E-state index contributed by atoms with van der Waals surface area (Å²) in [6.45, 7) is 6.38. The van der Waals surface area contributed by atoms with Gasteiger partial charge in [0.1, 0.15) is 12.2 Å². The number of ketones is 2. The van der Waals surface area contributed by atoms with Crippen molar-refractivity contribution >= 4 is 35.4 Å². The number of rotatable bonds is 8. The number of Topliss-reactive ketones (excluding diaryl/α,β-unsaturated/α-hetero) is 1. The van der Waals surface area contributed by atoms with E-state index in [1.807, 2.05) is 6.92 Å². The van der Waals surface area contributed by atoms with Crippen molar-refractivity contribution in [3.8, 4) is 0 Å². The summed E-state index contributed by atoms with van der Waals surface area (Å²) < 4.78 is 32.4. The molecule has 4 aliphatic carbocycles. The Labute approximate surface area is 278 Å². The monoisotopic (exact) mass is 678 g/mol. The lowest BCUT2D eigenvalue weighted by atomic mass is 9.45. The van der Waals surface area contributed by atoms with Crippen LogP contribution in [0.5, 0.6) is 0 Å². The third kappa shape index (κ3) is 6.09. The van der Waals surface area contributed by atoms with Gasteiger partial charge >= 0.3 is 23.9 Å². The summed E-state index contributed by atoms with van der Waals surface area (Å²) in [6, 6.07) is 0. The van der Waals surface area contributed by atoms with Crippen LogP contribution >= 0.6 is 0 Å². The Kier molecular flexibility index (Phi) is 9.97. The molecule has 48 heavy (non-hydrogen) atoms. The Hall–Kier alpha value is -3.20. The first-order valence-corrected chi connectivity index (χ1v) is 16.5. The summed E-state index contributed by atoms with van der Waals surface area (Å²) in [5, 5.41) is 23.9. The number of ether oxygens (including phenoxy) is 6. The van der Waals surface area contributed by atoms with Crippen LogP contribution < -0.4 is 0 Å². The van der Waals surface area contributed by atoms with Crippen LogP contribution in [0.25, 0.3) is 0 Å². The van der Waals surface area contributed by atoms with E-state index in [-0.39, 0.29) is 41.8 Å². The number of hydrogen-bond acceptors (Lipinski definition) is 14. The first-order valence-electron chi connectivity index (χ1n) is 16.5. The van der Waals surface area contributed by atoms with E-state index in [2.05, 4.69) is 6.92 Å². The number of methoxy groups -OCH3 is 1. The van der Waals surface area contributed by atoms with Crippen LogP contribution in [0.15, 0.2) is 11.6 Å². The summed E-state index contributed by atoms with van der Waals surface area (Å²) in [6.07, 6.45) is -3.88. The van der Waals surface area contributed by atoms with Crippen molar-refractivity contribution in [3.63, 3.8) is 0 Å². The van der Waals surface area contributed by atoms with Crippen LogP contribution in [0, 0.1) is 28.6 Å². The van der Waals surface area contributed by atoms with Crippen molar-refractivity contribution in [1.29, 1.82) is 0 Å². The standard InChI is InChI=1S/C34H46O14/c1-16(35)45-26-27(46-17(2)36)29(47-18(3)37)31(48-28(26)30(41)43-6)44-15-24(40)34(42)12-10-22-21-8-7-19-13-20(38)9-11-32(19,4)25(21)23(39)14-33(22,34)5/h13,21-23,25-29,31,39,42H,7-12,14-15H2,1-6H3/t21-,22-,23+,25+,26-,27-,28+,29+,31+,32+,33-,34-/m1/s1. The molecule has 2 N–H and O–H groups in total. The molecule has 1 aliphatic heterocycles. The van der Waals surface area contributed by atoms with Crippen LogP contribution in [0.4, 0.5) is 0 Å². The highest BCUT2D eigenvalue weighted by molar-refractivity contribution is 5.92. The second-order valence-electron chi connectivity index (χ2n) is 14.4. The van der Waals surface area contributed by atoms with Crippen molar-refractivity contribution in [1.82, 2.24) is 0 Å². The Bertz CT molecular complexity index is 1390. The van der Waals surface area contributed by atoms with E-state index in [1.165, 1.54) is 0 Å². The number of carbonyl (C=O) groups excluding carboxylic acids is 6. The van der Waals surface area contributed by atoms with Gasteiger partial charge in [-0.25, -0.2) is 4.79 Å². The summed E-state index contributed by atoms with van der Waals surface area (Å²) in [4.78, 5) is 75.2. The predicted octanol–water partition coefficient (Wildman–Crippen LogP) is 1.50. The average Bonchev–Trinajstić information content (AvgIpc) is 3.27.